The zero-order valence-corrected chi connectivity index (χ0v) is 18.6. The van der Waals surface area contributed by atoms with Gasteiger partial charge in [-0.2, -0.15) is 4.31 Å². The molecule has 0 spiro atoms. The first kappa shape index (κ1) is 21.2. The van der Waals surface area contributed by atoms with Crippen LogP contribution in [-0.2, 0) is 21.4 Å². The van der Waals surface area contributed by atoms with Crippen molar-refractivity contribution in [1.29, 1.82) is 0 Å². The van der Waals surface area contributed by atoms with Crippen LogP contribution in [0.1, 0.15) is 41.4 Å². The number of thiophene rings is 1. The van der Waals surface area contributed by atoms with Gasteiger partial charge < -0.3 is 5.32 Å². The molecule has 2 heterocycles. The van der Waals surface area contributed by atoms with Crippen molar-refractivity contribution in [2.45, 2.75) is 43.7 Å². The van der Waals surface area contributed by atoms with Gasteiger partial charge in [-0.25, -0.2) is 8.42 Å². The van der Waals surface area contributed by atoms with Crippen LogP contribution in [0.3, 0.4) is 0 Å². The van der Waals surface area contributed by atoms with Crippen molar-refractivity contribution in [3.05, 3.63) is 50.6 Å². The number of hydrogen-bond acceptors (Lipinski definition) is 5. The van der Waals surface area contributed by atoms with E-state index in [2.05, 4.69) is 21.2 Å². The third-order valence-corrected chi connectivity index (χ3v) is 8.24. The Labute approximate surface area is 177 Å². The van der Waals surface area contributed by atoms with Gasteiger partial charge in [-0.3, -0.25) is 9.59 Å². The molecule has 1 atom stereocenters. The summed E-state index contributed by atoms with van der Waals surface area (Å²) in [5, 5.41) is 2.86. The highest BCUT2D eigenvalue weighted by Gasteiger charge is 2.37. The van der Waals surface area contributed by atoms with Crippen LogP contribution in [0.2, 0.25) is 0 Å². The van der Waals surface area contributed by atoms with Crippen molar-refractivity contribution in [2.75, 3.05) is 6.54 Å². The molecule has 6 nitrogen and oxygen atoms in total. The summed E-state index contributed by atoms with van der Waals surface area (Å²) in [4.78, 5) is 25.3. The highest BCUT2D eigenvalue weighted by atomic mass is 79.9. The third kappa shape index (κ3) is 4.71. The van der Waals surface area contributed by atoms with E-state index in [1.165, 1.54) is 46.8 Å². The van der Waals surface area contributed by atoms with Crippen LogP contribution in [0.4, 0.5) is 0 Å². The molecular formula is C19H21BrN2O4S2. The molecule has 1 aliphatic heterocycles. The Morgan fingerprint density at radius 1 is 1.18 bits per heavy atom. The summed E-state index contributed by atoms with van der Waals surface area (Å²) < 4.78 is 28.5. The topological polar surface area (TPSA) is 83.6 Å². The number of piperidine rings is 1. The maximum atomic E-state index is 13.1. The summed E-state index contributed by atoms with van der Waals surface area (Å²) >= 11 is 4.91. The Balaban J connectivity index is 1.77. The molecule has 1 amide bonds. The molecule has 1 aliphatic rings. The third-order valence-electron chi connectivity index (χ3n) is 4.69. The van der Waals surface area contributed by atoms with Crippen molar-refractivity contribution >= 4 is 49.0 Å². The molecule has 1 fully saturated rings. The van der Waals surface area contributed by atoms with E-state index in [1.54, 1.807) is 0 Å². The van der Waals surface area contributed by atoms with E-state index in [1.807, 2.05) is 12.1 Å². The number of nitrogens with zero attached hydrogens (tertiary/aromatic N) is 1. The average molecular weight is 485 g/mol. The van der Waals surface area contributed by atoms with Crippen molar-refractivity contribution in [3.8, 4) is 0 Å². The average Bonchev–Trinajstić information content (AvgIpc) is 3.11. The molecule has 0 saturated carbocycles. The SMILES string of the molecule is CC(=O)c1ccc(S(=O)(=O)N2CCCCC2C(=O)NCc2ccc(Br)s2)cc1. The van der Waals surface area contributed by atoms with Crippen molar-refractivity contribution < 1.29 is 18.0 Å². The highest BCUT2D eigenvalue weighted by Crippen LogP contribution is 2.26. The minimum atomic E-state index is -3.82. The monoisotopic (exact) mass is 484 g/mol. The lowest BCUT2D eigenvalue weighted by Crippen LogP contribution is -2.51. The van der Waals surface area contributed by atoms with E-state index in [9.17, 15) is 18.0 Å². The number of benzene rings is 1. The van der Waals surface area contributed by atoms with E-state index >= 15 is 0 Å². The van der Waals surface area contributed by atoms with Crippen LogP contribution < -0.4 is 5.32 Å². The van der Waals surface area contributed by atoms with E-state index in [-0.39, 0.29) is 16.6 Å². The number of sulfonamides is 1. The second-order valence-electron chi connectivity index (χ2n) is 6.63. The molecule has 2 aromatic rings. The number of rotatable bonds is 6. The van der Waals surface area contributed by atoms with Gasteiger partial charge in [0.05, 0.1) is 15.2 Å². The summed E-state index contributed by atoms with van der Waals surface area (Å²) in [6.07, 6.45) is 2.01. The first-order chi connectivity index (χ1) is 13.3. The second kappa shape index (κ2) is 8.86. The lowest BCUT2D eigenvalue weighted by Gasteiger charge is -2.33. The van der Waals surface area contributed by atoms with E-state index in [0.29, 0.717) is 31.5 Å². The van der Waals surface area contributed by atoms with Crippen molar-refractivity contribution in [1.82, 2.24) is 9.62 Å². The standard InChI is InChI=1S/C19H21BrN2O4S2/c1-13(23)14-5-8-16(9-6-14)28(25,26)22-11-3-2-4-17(22)19(24)21-12-15-7-10-18(20)27-15/h5-10,17H,2-4,11-12H2,1H3,(H,21,24). The molecule has 28 heavy (non-hydrogen) atoms. The molecule has 1 aromatic carbocycles. The molecule has 1 aromatic heterocycles. The Bertz CT molecular complexity index is 970. The summed E-state index contributed by atoms with van der Waals surface area (Å²) in [6, 6.07) is 8.97. The predicted molar refractivity (Wildman–Crippen MR) is 112 cm³/mol. The second-order valence-corrected chi connectivity index (χ2v) is 11.1. The van der Waals surface area contributed by atoms with Gasteiger partial charge in [-0.15, -0.1) is 11.3 Å². The molecule has 150 valence electrons. The quantitative estimate of drug-likeness (QED) is 0.635. The minimum absolute atomic E-state index is 0.0967. The van der Waals surface area contributed by atoms with Gasteiger partial charge >= 0.3 is 0 Å². The number of nitrogens with one attached hydrogen (secondary N) is 1. The molecule has 3 rings (SSSR count). The zero-order chi connectivity index (χ0) is 20.3. The number of amides is 1. The van der Waals surface area contributed by atoms with E-state index in [4.69, 9.17) is 0 Å². The van der Waals surface area contributed by atoms with Gasteiger partial charge in [0, 0.05) is 17.0 Å². The fraction of sp³-hybridized carbons (Fsp3) is 0.368. The van der Waals surface area contributed by atoms with Crippen LogP contribution >= 0.6 is 27.3 Å². The Morgan fingerprint density at radius 2 is 1.89 bits per heavy atom. The Morgan fingerprint density at radius 3 is 2.50 bits per heavy atom. The predicted octanol–water partition coefficient (Wildman–Crippen LogP) is 3.57. The molecule has 0 bridgehead atoms. The summed E-state index contributed by atoms with van der Waals surface area (Å²) in [7, 11) is -3.82. The largest absolute Gasteiger partial charge is 0.350 e. The first-order valence-corrected chi connectivity index (χ1v) is 12.0. The van der Waals surface area contributed by atoms with Crippen LogP contribution in [0.25, 0.3) is 0 Å². The maximum absolute atomic E-state index is 13.1. The zero-order valence-electron chi connectivity index (χ0n) is 15.4. The smallest absolute Gasteiger partial charge is 0.243 e. The number of ketones is 1. The van der Waals surface area contributed by atoms with Gasteiger partial charge in [0.2, 0.25) is 15.9 Å². The normalized spacial score (nSPS) is 18.0. The van der Waals surface area contributed by atoms with Crippen molar-refractivity contribution in [3.63, 3.8) is 0 Å². The number of carbonyl (C=O) groups excluding carboxylic acids is 2. The van der Waals surface area contributed by atoms with Crippen LogP contribution in [0.15, 0.2) is 45.1 Å². The van der Waals surface area contributed by atoms with E-state index in [0.717, 1.165) is 15.1 Å². The van der Waals surface area contributed by atoms with Crippen LogP contribution in [0.5, 0.6) is 0 Å². The fourth-order valence-corrected chi connectivity index (χ4v) is 6.27. The maximum Gasteiger partial charge on any atom is 0.243 e. The van der Waals surface area contributed by atoms with Gasteiger partial charge in [-0.1, -0.05) is 18.6 Å². The fourth-order valence-electron chi connectivity index (χ4n) is 3.19. The van der Waals surface area contributed by atoms with Crippen LogP contribution in [0, 0.1) is 0 Å². The number of halogens is 1. The molecule has 1 N–H and O–H groups in total. The van der Waals surface area contributed by atoms with Gasteiger partial charge in [0.25, 0.3) is 0 Å². The molecule has 1 unspecified atom stereocenters. The van der Waals surface area contributed by atoms with Crippen LogP contribution in [-0.4, -0.2) is 37.0 Å². The Hall–Kier alpha value is -1.55. The number of hydrogen-bond donors (Lipinski definition) is 1. The molecular weight excluding hydrogens is 464 g/mol. The van der Waals surface area contributed by atoms with Gasteiger partial charge in [-0.05, 0) is 60.0 Å². The highest BCUT2D eigenvalue weighted by molar-refractivity contribution is 9.11. The number of Topliss-reactive ketones (excluding diaryl/α,β-unsaturated/α-hetero) is 1. The molecule has 1 saturated heterocycles. The van der Waals surface area contributed by atoms with Gasteiger partial charge in [0.15, 0.2) is 5.78 Å². The molecule has 0 radical (unpaired) electrons. The lowest BCUT2D eigenvalue weighted by molar-refractivity contribution is -0.125. The van der Waals surface area contributed by atoms with Crippen molar-refractivity contribution in [2.24, 2.45) is 0 Å². The Kier molecular flexibility index (Phi) is 6.69. The van der Waals surface area contributed by atoms with E-state index < -0.39 is 16.1 Å². The summed E-state index contributed by atoms with van der Waals surface area (Å²) in [5.41, 5.74) is 0.453. The minimum Gasteiger partial charge on any atom is -0.350 e. The summed E-state index contributed by atoms with van der Waals surface area (Å²) in [5.74, 6) is -0.410. The molecule has 0 aliphatic carbocycles. The molecule has 9 heteroatoms. The summed E-state index contributed by atoms with van der Waals surface area (Å²) in [6.45, 7) is 2.10. The number of carbonyl (C=O) groups is 2. The lowest BCUT2D eigenvalue weighted by atomic mass is 10.0. The van der Waals surface area contributed by atoms with Gasteiger partial charge in [0.1, 0.15) is 6.04 Å². The first-order valence-electron chi connectivity index (χ1n) is 8.94.